The summed E-state index contributed by atoms with van der Waals surface area (Å²) in [5.74, 6) is -2.58. The first-order valence-corrected chi connectivity index (χ1v) is 9.54. The van der Waals surface area contributed by atoms with E-state index in [0.717, 1.165) is 0 Å². The van der Waals surface area contributed by atoms with Crippen LogP contribution in [0.25, 0.3) is 0 Å². The molecule has 3 N–H and O–H groups in total. The number of hydrogen-bond donors (Lipinski definition) is 3. The zero-order chi connectivity index (χ0) is 22.3. The number of likely N-dealkylation sites (tertiary alicyclic amines) is 1. The molecular formula is C19H22ClN3O7. The number of hydrogen-bond acceptors (Lipinski definition) is 6. The van der Waals surface area contributed by atoms with Crippen molar-refractivity contribution < 1.29 is 33.8 Å². The van der Waals surface area contributed by atoms with E-state index in [0.29, 0.717) is 31.4 Å². The molecule has 1 heterocycles. The third kappa shape index (κ3) is 5.69. The van der Waals surface area contributed by atoms with E-state index in [4.69, 9.17) is 21.4 Å². The highest BCUT2D eigenvalue weighted by Crippen LogP contribution is 2.27. The van der Waals surface area contributed by atoms with Gasteiger partial charge in [-0.1, -0.05) is 17.7 Å². The Bertz CT molecular complexity index is 845. The number of nitrogens with zero attached hydrogens (tertiary/aromatic N) is 1. The van der Waals surface area contributed by atoms with Crippen molar-refractivity contribution in [2.24, 2.45) is 0 Å². The minimum Gasteiger partial charge on any atom is -0.495 e. The molecule has 1 aliphatic heterocycles. The van der Waals surface area contributed by atoms with Gasteiger partial charge in [-0.15, -0.1) is 0 Å². The summed E-state index contributed by atoms with van der Waals surface area (Å²) in [6.45, 7) is -0.0558. The average Bonchev–Trinajstić information content (AvgIpc) is 3.21. The molecule has 1 aromatic rings. The number of aldehydes is 1. The van der Waals surface area contributed by atoms with Gasteiger partial charge in [0.2, 0.25) is 11.8 Å². The second-order valence-corrected chi connectivity index (χ2v) is 6.98. The zero-order valence-electron chi connectivity index (χ0n) is 16.2. The molecule has 0 radical (unpaired) electrons. The van der Waals surface area contributed by atoms with Crippen molar-refractivity contribution in [1.82, 2.24) is 15.5 Å². The molecule has 10 nitrogen and oxygen atoms in total. The number of rotatable bonds is 9. The van der Waals surface area contributed by atoms with Gasteiger partial charge in [0.15, 0.2) is 0 Å². The van der Waals surface area contributed by atoms with Crippen LogP contribution in [0.4, 0.5) is 0 Å². The van der Waals surface area contributed by atoms with Crippen molar-refractivity contribution in [3.05, 3.63) is 28.8 Å². The van der Waals surface area contributed by atoms with Gasteiger partial charge in [0, 0.05) is 6.54 Å². The fourth-order valence-electron chi connectivity index (χ4n) is 3.13. The van der Waals surface area contributed by atoms with E-state index in [2.05, 4.69) is 10.6 Å². The molecule has 0 unspecified atom stereocenters. The lowest BCUT2D eigenvalue weighted by atomic mass is 10.1. The molecule has 30 heavy (non-hydrogen) atoms. The number of carboxylic acid groups (broad SMARTS) is 1. The molecule has 0 aromatic heterocycles. The lowest BCUT2D eigenvalue weighted by molar-refractivity contribution is -0.140. The molecule has 1 aromatic carbocycles. The van der Waals surface area contributed by atoms with Crippen LogP contribution >= 0.6 is 11.6 Å². The van der Waals surface area contributed by atoms with Crippen LogP contribution in [0.2, 0.25) is 5.02 Å². The maximum absolute atomic E-state index is 12.5. The standard InChI is InChI=1S/C19H22ClN3O7/c1-30-14-6-2-4-12(17(14)20)18(28)21-9-15(25)23-7-3-5-13(23)19(29)22-11(10-24)8-16(26)27/h2,4,6,10-11,13H,3,5,7-9H2,1H3,(H,21,28)(H,22,29)(H,26,27)/t11-,13-/m0/s1. The molecule has 1 fully saturated rings. The van der Waals surface area contributed by atoms with Gasteiger partial charge in [-0.05, 0) is 25.0 Å². The normalized spacial score (nSPS) is 16.5. The van der Waals surface area contributed by atoms with Crippen molar-refractivity contribution in [2.75, 3.05) is 20.2 Å². The molecule has 162 valence electrons. The number of carbonyl (C=O) groups is 5. The van der Waals surface area contributed by atoms with Gasteiger partial charge in [-0.25, -0.2) is 0 Å². The summed E-state index contributed by atoms with van der Waals surface area (Å²) in [7, 11) is 1.41. The Hall–Kier alpha value is -3.14. The summed E-state index contributed by atoms with van der Waals surface area (Å²) >= 11 is 6.10. The number of amides is 3. The Morgan fingerprint density at radius 2 is 2.10 bits per heavy atom. The van der Waals surface area contributed by atoms with Crippen LogP contribution in [-0.2, 0) is 19.2 Å². The number of benzene rings is 1. The van der Waals surface area contributed by atoms with Crippen LogP contribution in [0.15, 0.2) is 18.2 Å². The van der Waals surface area contributed by atoms with Gasteiger partial charge in [0.05, 0.1) is 36.7 Å². The molecular weight excluding hydrogens is 418 g/mol. The van der Waals surface area contributed by atoms with Gasteiger partial charge in [-0.2, -0.15) is 0 Å². The van der Waals surface area contributed by atoms with Crippen LogP contribution in [0.1, 0.15) is 29.6 Å². The summed E-state index contributed by atoms with van der Waals surface area (Å²) in [4.78, 5) is 60.3. The maximum atomic E-state index is 12.5. The Kier molecular flexibility index (Phi) is 8.16. The third-order valence-electron chi connectivity index (χ3n) is 4.59. The van der Waals surface area contributed by atoms with E-state index in [1.54, 1.807) is 12.1 Å². The monoisotopic (exact) mass is 439 g/mol. The van der Waals surface area contributed by atoms with Crippen LogP contribution in [0.5, 0.6) is 5.75 Å². The highest BCUT2D eigenvalue weighted by atomic mass is 35.5. The molecule has 2 atom stereocenters. The highest BCUT2D eigenvalue weighted by Gasteiger charge is 2.35. The van der Waals surface area contributed by atoms with Gasteiger partial charge in [-0.3, -0.25) is 19.2 Å². The molecule has 1 aliphatic rings. The number of methoxy groups -OCH3 is 1. The average molecular weight is 440 g/mol. The van der Waals surface area contributed by atoms with Gasteiger partial charge in [0.1, 0.15) is 18.1 Å². The fraction of sp³-hybridized carbons (Fsp3) is 0.421. The van der Waals surface area contributed by atoms with Gasteiger partial charge >= 0.3 is 5.97 Å². The lowest BCUT2D eigenvalue weighted by Crippen LogP contribution is -2.51. The fourth-order valence-corrected chi connectivity index (χ4v) is 3.42. The quantitative estimate of drug-likeness (QED) is 0.467. The predicted octanol–water partition coefficient (Wildman–Crippen LogP) is 0.228. The molecule has 2 rings (SSSR count). The molecule has 11 heteroatoms. The Labute approximate surface area is 177 Å². The van der Waals surface area contributed by atoms with Crippen LogP contribution in [0, 0.1) is 0 Å². The maximum Gasteiger partial charge on any atom is 0.305 e. The Morgan fingerprint density at radius 3 is 2.73 bits per heavy atom. The Balaban J connectivity index is 1.97. The van der Waals surface area contributed by atoms with Gasteiger partial charge < -0.3 is 30.2 Å². The summed E-state index contributed by atoms with van der Waals surface area (Å²) in [6.07, 6.45) is 0.717. The van der Waals surface area contributed by atoms with E-state index in [9.17, 15) is 24.0 Å². The first-order valence-electron chi connectivity index (χ1n) is 9.16. The van der Waals surface area contributed by atoms with Crippen LogP contribution in [0.3, 0.4) is 0 Å². The molecule has 0 spiro atoms. The number of carbonyl (C=O) groups excluding carboxylic acids is 4. The second kappa shape index (κ2) is 10.6. The summed E-state index contributed by atoms with van der Waals surface area (Å²) in [6, 6.07) is 2.64. The summed E-state index contributed by atoms with van der Waals surface area (Å²) in [5.41, 5.74) is 0.141. The van der Waals surface area contributed by atoms with E-state index < -0.39 is 42.2 Å². The SMILES string of the molecule is COc1cccc(C(=O)NCC(=O)N2CCC[C@H]2C(=O)N[C@H](C=O)CC(=O)O)c1Cl. The minimum atomic E-state index is -1.23. The molecule has 0 aliphatic carbocycles. The van der Waals surface area contributed by atoms with E-state index >= 15 is 0 Å². The topological polar surface area (TPSA) is 142 Å². The summed E-state index contributed by atoms with van der Waals surface area (Å²) in [5, 5.41) is 13.7. The van der Waals surface area contributed by atoms with Crippen molar-refractivity contribution in [3.8, 4) is 5.75 Å². The number of halogens is 1. The molecule has 3 amide bonds. The first kappa shape index (κ1) is 23.1. The lowest BCUT2D eigenvalue weighted by Gasteiger charge is -2.25. The second-order valence-electron chi connectivity index (χ2n) is 6.60. The van der Waals surface area contributed by atoms with Gasteiger partial charge in [0.25, 0.3) is 5.91 Å². The first-order chi connectivity index (χ1) is 14.3. The summed E-state index contributed by atoms with van der Waals surface area (Å²) < 4.78 is 5.05. The number of nitrogens with one attached hydrogen (secondary N) is 2. The van der Waals surface area contributed by atoms with Crippen LogP contribution < -0.4 is 15.4 Å². The molecule has 0 bridgehead atoms. The smallest absolute Gasteiger partial charge is 0.305 e. The van der Waals surface area contributed by atoms with Crippen molar-refractivity contribution in [2.45, 2.75) is 31.3 Å². The largest absolute Gasteiger partial charge is 0.495 e. The van der Waals surface area contributed by atoms with Crippen molar-refractivity contribution in [3.63, 3.8) is 0 Å². The van der Waals surface area contributed by atoms with Crippen LogP contribution in [-0.4, -0.2) is 72.3 Å². The molecule has 0 saturated carbocycles. The number of aliphatic carboxylic acids is 1. The van der Waals surface area contributed by atoms with E-state index in [1.165, 1.54) is 18.1 Å². The molecule has 1 saturated heterocycles. The Morgan fingerprint density at radius 1 is 1.37 bits per heavy atom. The zero-order valence-corrected chi connectivity index (χ0v) is 17.0. The minimum absolute atomic E-state index is 0.113. The van der Waals surface area contributed by atoms with Crippen molar-refractivity contribution >= 4 is 41.6 Å². The van der Waals surface area contributed by atoms with Crippen molar-refractivity contribution in [1.29, 1.82) is 0 Å². The van der Waals surface area contributed by atoms with E-state index in [-0.39, 0.29) is 17.1 Å². The number of carboxylic acids is 1. The highest BCUT2D eigenvalue weighted by molar-refractivity contribution is 6.35. The predicted molar refractivity (Wildman–Crippen MR) is 105 cm³/mol. The van der Waals surface area contributed by atoms with E-state index in [1.807, 2.05) is 0 Å². The third-order valence-corrected chi connectivity index (χ3v) is 4.98. The number of ether oxygens (including phenoxy) is 1.